The van der Waals surface area contributed by atoms with E-state index in [9.17, 15) is 0 Å². The van der Waals surface area contributed by atoms with Gasteiger partial charge < -0.3 is 10.1 Å². The van der Waals surface area contributed by atoms with Crippen molar-refractivity contribution in [3.05, 3.63) is 17.5 Å². The summed E-state index contributed by atoms with van der Waals surface area (Å²) in [5.41, 5.74) is 2.60. The van der Waals surface area contributed by atoms with Gasteiger partial charge in [-0.15, -0.1) is 0 Å². The molecule has 1 aromatic rings. The minimum atomic E-state index is 0.450. The summed E-state index contributed by atoms with van der Waals surface area (Å²) in [7, 11) is 0. The zero-order valence-corrected chi connectivity index (χ0v) is 12.5. The molecular weight excluding hydrogens is 238 g/mol. The van der Waals surface area contributed by atoms with Crippen molar-refractivity contribution in [3.63, 3.8) is 0 Å². The molecule has 0 radical (unpaired) electrons. The van der Waals surface area contributed by atoms with Crippen molar-refractivity contribution in [3.8, 4) is 0 Å². The summed E-state index contributed by atoms with van der Waals surface area (Å²) in [6, 6.07) is 0. The van der Waals surface area contributed by atoms with Gasteiger partial charge in [-0.2, -0.15) is 5.10 Å². The van der Waals surface area contributed by atoms with Crippen molar-refractivity contribution in [1.29, 1.82) is 0 Å². The summed E-state index contributed by atoms with van der Waals surface area (Å²) >= 11 is 0. The average Bonchev–Trinajstić information content (AvgIpc) is 2.98. The Morgan fingerprint density at radius 2 is 2.37 bits per heavy atom. The molecule has 0 aliphatic carbocycles. The van der Waals surface area contributed by atoms with Gasteiger partial charge in [-0.25, -0.2) is 0 Å². The van der Waals surface area contributed by atoms with Gasteiger partial charge in [0.2, 0.25) is 0 Å². The number of nitrogens with zero attached hydrogens (tertiary/aromatic N) is 2. The molecule has 1 aliphatic heterocycles. The van der Waals surface area contributed by atoms with Crippen LogP contribution in [0.4, 0.5) is 0 Å². The highest BCUT2D eigenvalue weighted by Gasteiger charge is 2.16. The molecule has 108 valence electrons. The van der Waals surface area contributed by atoms with Crippen molar-refractivity contribution in [2.24, 2.45) is 5.92 Å². The molecule has 1 saturated heterocycles. The van der Waals surface area contributed by atoms with Gasteiger partial charge in [0, 0.05) is 31.0 Å². The fourth-order valence-electron chi connectivity index (χ4n) is 2.52. The second kappa shape index (κ2) is 7.06. The van der Waals surface area contributed by atoms with Crippen LogP contribution < -0.4 is 5.32 Å². The highest BCUT2D eigenvalue weighted by Crippen LogP contribution is 2.17. The molecule has 1 fully saturated rings. The van der Waals surface area contributed by atoms with E-state index in [-0.39, 0.29) is 0 Å². The topological polar surface area (TPSA) is 39.1 Å². The SMILES string of the molecule is Cc1c(CNCC(C)C)cnn1CCC1CCCO1. The van der Waals surface area contributed by atoms with Crippen molar-refractivity contribution in [1.82, 2.24) is 15.1 Å². The molecule has 1 aromatic heterocycles. The maximum Gasteiger partial charge on any atom is 0.0593 e. The Morgan fingerprint density at radius 1 is 1.53 bits per heavy atom. The molecule has 1 aliphatic rings. The molecule has 0 spiro atoms. The van der Waals surface area contributed by atoms with Gasteiger partial charge in [-0.1, -0.05) is 13.8 Å². The molecule has 2 heterocycles. The largest absolute Gasteiger partial charge is 0.378 e. The van der Waals surface area contributed by atoms with E-state index in [4.69, 9.17) is 4.74 Å². The minimum Gasteiger partial charge on any atom is -0.378 e. The molecule has 1 unspecified atom stereocenters. The Bertz CT molecular complexity index is 381. The molecular formula is C15H27N3O. The van der Waals surface area contributed by atoms with Gasteiger partial charge in [0.05, 0.1) is 12.3 Å². The van der Waals surface area contributed by atoms with Gasteiger partial charge in [0.15, 0.2) is 0 Å². The van der Waals surface area contributed by atoms with Crippen molar-refractivity contribution in [2.45, 2.75) is 59.2 Å². The van der Waals surface area contributed by atoms with E-state index in [1.165, 1.54) is 24.1 Å². The van der Waals surface area contributed by atoms with Crippen LogP contribution in [-0.4, -0.2) is 29.0 Å². The maximum atomic E-state index is 5.66. The van der Waals surface area contributed by atoms with Gasteiger partial charge in [-0.3, -0.25) is 4.68 Å². The highest BCUT2D eigenvalue weighted by molar-refractivity contribution is 5.15. The Morgan fingerprint density at radius 3 is 3.05 bits per heavy atom. The van der Waals surface area contributed by atoms with Crippen molar-refractivity contribution < 1.29 is 4.74 Å². The summed E-state index contributed by atoms with van der Waals surface area (Å²) in [4.78, 5) is 0. The third-order valence-corrected chi connectivity index (χ3v) is 3.76. The standard InChI is InChI=1S/C15H27N3O/c1-12(2)9-16-10-14-11-17-18(13(14)3)7-6-15-5-4-8-19-15/h11-12,15-16H,4-10H2,1-3H3. The Balaban J connectivity index is 1.79. The minimum absolute atomic E-state index is 0.450. The van der Waals surface area contributed by atoms with E-state index in [0.29, 0.717) is 12.0 Å². The van der Waals surface area contributed by atoms with E-state index in [1.807, 2.05) is 6.20 Å². The van der Waals surface area contributed by atoms with Crippen LogP contribution in [0, 0.1) is 12.8 Å². The summed E-state index contributed by atoms with van der Waals surface area (Å²) in [5, 5.41) is 7.97. The smallest absolute Gasteiger partial charge is 0.0593 e. The molecule has 0 bridgehead atoms. The Kier molecular flexibility index (Phi) is 5.40. The molecule has 0 aromatic carbocycles. The van der Waals surface area contributed by atoms with Crippen molar-refractivity contribution in [2.75, 3.05) is 13.2 Å². The molecule has 2 rings (SSSR count). The maximum absolute atomic E-state index is 5.66. The van der Waals surface area contributed by atoms with Gasteiger partial charge >= 0.3 is 0 Å². The normalized spacial score (nSPS) is 19.5. The molecule has 4 nitrogen and oxygen atoms in total. The summed E-state index contributed by atoms with van der Waals surface area (Å²) in [6.07, 6.45) is 5.96. The number of nitrogens with one attached hydrogen (secondary N) is 1. The first-order valence-corrected chi connectivity index (χ1v) is 7.50. The fraction of sp³-hybridized carbons (Fsp3) is 0.800. The quantitative estimate of drug-likeness (QED) is 0.823. The predicted molar refractivity (Wildman–Crippen MR) is 77.1 cm³/mol. The molecule has 1 atom stereocenters. The number of ether oxygens (including phenoxy) is 1. The van der Waals surface area contributed by atoms with Crippen LogP contribution >= 0.6 is 0 Å². The number of aromatic nitrogens is 2. The van der Waals surface area contributed by atoms with Crippen LogP contribution in [0.2, 0.25) is 0 Å². The van der Waals surface area contributed by atoms with Crippen molar-refractivity contribution >= 4 is 0 Å². The second-order valence-electron chi connectivity index (χ2n) is 5.93. The number of hydrogen-bond donors (Lipinski definition) is 1. The summed E-state index contributed by atoms with van der Waals surface area (Å²) in [5.74, 6) is 0.690. The third kappa shape index (κ3) is 4.32. The van der Waals surface area contributed by atoms with Crippen LogP contribution in [0.15, 0.2) is 6.20 Å². The monoisotopic (exact) mass is 265 g/mol. The number of aryl methyl sites for hydroxylation is 1. The molecule has 1 N–H and O–H groups in total. The molecule has 4 heteroatoms. The lowest BCUT2D eigenvalue weighted by molar-refractivity contribution is 0.0993. The van der Waals surface area contributed by atoms with Crippen LogP contribution in [-0.2, 0) is 17.8 Å². The summed E-state index contributed by atoms with van der Waals surface area (Å²) < 4.78 is 7.78. The molecule has 0 amide bonds. The Hall–Kier alpha value is -0.870. The van der Waals surface area contributed by atoms with E-state index >= 15 is 0 Å². The first-order valence-electron chi connectivity index (χ1n) is 7.50. The lowest BCUT2D eigenvalue weighted by atomic mass is 10.2. The van der Waals surface area contributed by atoms with Crippen LogP contribution in [0.1, 0.15) is 44.4 Å². The lowest BCUT2D eigenvalue weighted by Crippen LogP contribution is -2.19. The van der Waals surface area contributed by atoms with Crippen LogP contribution in [0.5, 0.6) is 0 Å². The van der Waals surface area contributed by atoms with Gasteiger partial charge in [-0.05, 0) is 38.6 Å². The van der Waals surface area contributed by atoms with E-state index in [0.717, 1.165) is 32.7 Å². The van der Waals surface area contributed by atoms with Crippen LogP contribution in [0.25, 0.3) is 0 Å². The Labute approximate surface area is 116 Å². The highest BCUT2D eigenvalue weighted by atomic mass is 16.5. The molecule has 0 saturated carbocycles. The number of rotatable bonds is 7. The summed E-state index contributed by atoms with van der Waals surface area (Å²) in [6.45, 7) is 10.5. The zero-order chi connectivity index (χ0) is 13.7. The zero-order valence-electron chi connectivity index (χ0n) is 12.5. The van der Waals surface area contributed by atoms with Crippen LogP contribution in [0.3, 0.4) is 0 Å². The third-order valence-electron chi connectivity index (χ3n) is 3.76. The van der Waals surface area contributed by atoms with Gasteiger partial charge in [0.1, 0.15) is 0 Å². The molecule has 19 heavy (non-hydrogen) atoms. The lowest BCUT2D eigenvalue weighted by Gasteiger charge is -2.11. The first-order chi connectivity index (χ1) is 9.16. The van der Waals surface area contributed by atoms with E-state index in [2.05, 4.69) is 35.9 Å². The van der Waals surface area contributed by atoms with E-state index < -0.39 is 0 Å². The first kappa shape index (κ1) is 14.5. The van der Waals surface area contributed by atoms with E-state index in [1.54, 1.807) is 0 Å². The predicted octanol–water partition coefficient (Wildman–Crippen LogP) is 2.51. The average molecular weight is 265 g/mol. The fourth-order valence-corrected chi connectivity index (χ4v) is 2.52. The van der Waals surface area contributed by atoms with Gasteiger partial charge in [0.25, 0.3) is 0 Å². The number of hydrogen-bond acceptors (Lipinski definition) is 3. The second-order valence-corrected chi connectivity index (χ2v) is 5.93.